The molecule has 7 nitrogen and oxygen atoms in total. The van der Waals surface area contributed by atoms with Crippen LogP contribution in [0.4, 0.5) is 0 Å². The summed E-state index contributed by atoms with van der Waals surface area (Å²) < 4.78 is 11.0. The van der Waals surface area contributed by atoms with E-state index in [0.29, 0.717) is 23.0 Å². The number of hydrogen-bond donors (Lipinski definition) is 1. The molecule has 0 amide bonds. The third kappa shape index (κ3) is 2.70. The lowest BCUT2D eigenvalue weighted by atomic mass is 9.86. The van der Waals surface area contributed by atoms with Crippen LogP contribution in [-0.4, -0.2) is 45.6 Å². The first-order valence-electron chi connectivity index (χ1n) is 8.59. The Kier molecular flexibility index (Phi) is 3.34. The van der Waals surface area contributed by atoms with Crippen LogP contribution in [0.15, 0.2) is 39.8 Å². The highest BCUT2D eigenvalue weighted by Crippen LogP contribution is 2.30. The van der Waals surface area contributed by atoms with Crippen LogP contribution < -0.4 is 10.5 Å². The van der Waals surface area contributed by atoms with Crippen LogP contribution in [0.25, 0.3) is 22.2 Å². The zero-order valence-electron chi connectivity index (χ0n) is 13.6. The lowest BCUT2D eigenvalue weighted by Crippen LogP contribution is -2.52. The maximum absolute atomic E-state index is 11.3. The summed E-state index contributed by atoms with van der Waals surface area (Å²) in [4.78, 5) is 25.1. The first-order valence-corrected chi connectivity index (χ1v) is 8.59. The number of fused-ring (bicyclic) bond motifs is 4. The minimum Gasteiger partial charge on any atom is -0.458 e. The third-order valence-electron chi connectivity index (χ3n) is 5.23. The van der Waals surface area contributed by atoms with Crippen molar-refractivity contribution in [3.8, 4) is 17.1 Å². The average Bonchev–Trinajstić information content (AvgIpc) is 3.02. The number of piperidine rings is 3. The van der Waals surface area contributed by atoms with Gasteiger partial charge in [-0.3, -0.25) is 9.88 Å². The first kappa shape index (κ1) is 14.7. The van der Waals surface area contributed by atoms with Crippen molar-refractivity contribution in [2.45, 2.75) is 18.9 Å². The molecule has 1 unspecified atom stereocenters. The molecule has 3 aliphatic heterocycles. The van der Waals surface area contributed by atoms with Gasteiger partial charge in [-0.05, 0) is 49.5 Å². The summed E-state index contributed by atoms with van der Waals surface area (Å²) in [6, 6.07) is 5.93. The zero-order valence-corrected chi connectivity index (χ0v) is 13.6. The topological polar surface area (TPSA) is 84.3 Å². The number of aromatic nitrogens is 3. The predicted octanol–water partition coefficient (Wildman–Crippen LogP) is 2.05. The molecule has 3 saturated heterocycles. The van der Waals surface area contributed by atoms with Gasteiger partial charge in [-0.25, -0.2) is 14.8 Å². The van der Waals surface area contributed by atoms with Crippen LogP contribution in [0, 0.1) is 5.92 Å². The van der Waals surface area contributed by atoms with Crippen LogP contribution in [0.2, 0.25) is 0 Å². The molecule has 1 aromatic carbocycles. The van der Waals surface area contributed by atoms with Crippen molar-refractivity contribution < 1.29 is 9.15 Å². The lowest BCUT2D eigenvalue weighted by molar-refractivity contribution is -0.0123. The molecule has 3 aliphatic rings. The van der Waals surface area contributed by atoms with Crippen molar-refractivity contribution in [1.29, 1.82) is 0 Å². The van der Waals surface area contributed by atoms with Crippen LogP contribution in [0.3, 0.4) is 0 Å². The van der Waals surface area contributed by atoms with Crippen LogP contribution >= 0.6 is 0 Å². The fourth-order valence-corrected chi connectivity index (χ4v) is 3.84. The Morgan fingerprint density at radius 3 is 2.68 bits per heavy atom. The van der Waals surface area contributed by atoms with Crippen LogP contribution in [0.5, 0.6) is 6.01 Å². The normalized spacial score (nSPS) is 25.4. The Bertz CT molecular complexity index is 954. The SMILES string of the molecule is O=c1[nH]c2cc(-c3cnc(OC4CN5CCC4CC5)nc3)ccc2o1. The molecule has 1 N–H and O–H groups in total. The largest absolute Gasteiger partial charge is 0.458 e. The molecule has 0 radical (unpaired) electrons. The molecule has 0 saturated carbocycles. The summed E-state index contributed by atoms with van der Waals surface area (Å²) in [5.41, 5.74) is 2.98. The Morgan fingerprint density at radius 2 is 1.96 bits per heavy atom. The zero-order chi connectivity index (χ0) is 16.8. The summed E-state index contributed by atoms with van der Waals surface area (Å²) in [7, 11) is 0. The fraction of sp³-hybridized carbons (Fsp3) is 0.389. The summed E-state index contributed by atoms with van der Waals surface area (Å²) in [5.74, 6) is 0.165. The average molecular weight is 338 g/mol. The molecule has 6 rings (SSSR count). The van der Waals surface area contributed by atoms with Gasteiger partial charge >= 0.3 is 11.8 Å². The number of aromatic amines is 1. The summed E-state index contributed by atoms with van der Waals surface area (Å²) in [6.45, 7) is 3.34. The van der Waals surface area contributed by atoms with Crippen LogP contribution in [-0.2, 0) is 0 Å². The third-order valence-corrected chi connectivity index (χ3v) is 5.23. The second kappa shape index (κ2) is 5.70. The molecule has 0 spiro atoms. The number of hydrogen-bond acceptors (Lipinski definition) is 6. The van der Waals surface area contributed by atoms with Crippen molar-refractivity contribution in [2.75, 3.05) is 19.6 Å². The smallest absolute Gasteiger partial charge is 0.417 e. The quantitative estimate of drug-likeness (QED) is 0.787. The summed E-state index contributed by atoms with van der Waals surface area (Å²) in [6.07, 6.45) is 6.10. The van der Waals surface area contributed by atoms with E-state index in [2.05, 4.69) is 19.9 Å². The molecule has 3 fully saturated rings. The molecule has 1 atom stereocenters. The van der Waals surface area contributed by atoms with Gasteiger partial charge in [0.1, 0.15) is 6.10 Å². The highest BCUT2D eigenvalue weighted by Gasteiger charge is 2.35. The Balaban J connectivity index is 1.36. The molecule has 25 heavy (non-hydrogen) atoms. The number of rotatable bonds is 3. The van der Waals surface area contributed by atoms with E-state index in [0.717, 1.165) is 17.7 Å². The van der Waals surface area contributed by atoms with Gasteiger partial charge in [0.15, 0.2) is 5.58 Å². The van der Waals surface area contributed by atoms with Gasteiger partial charge in [-0.15, -0.1) is 0 Å². The Hall–Kier alpha value is -2.67. The molecule has 2 aromatic heterocycles. The molecular weight excluding hydrogens is 320 g/mol. The highest BCUT2D eigenvalue weighted by atomic mass is 16.5. The highest BCUT2D eigenvalue weighted by molar-refractivity contribution is 5.79. The molecule has 128 valence electrons. The Morgan fingerprint density at radius 1 is 1.16 bits per heavy atom. The van der Waals surface area contributed by atoms with E-state index in [9.17, 15) is 4.79 Å². The van der Waals surface area contributed by atoms with Crippen LogP contribution in [0.1, 0.15) is 12.8 Å². The van der Waals surface area contributed by atoms with Gasteiger partial charge in [0.05, 0.1) is 5.52 Å². The Labute approximate surface area is 143 Å². The molecule has 3 aromatic rings. The molecule has 2 bridgehead atoms. The maximum Gasteiger partial charge on any atom is 0.417 e. The first-order chi connectivity index (χ1) is 12.2. The number of oxazole rings is 1. The van der Waals surface area contributed by atoms with Gasteiger partial charge in [-0.2, -0.15) is 0 Å². The van der Waals surface area contributed by atoms with E-state index < -0.39 is 5.76 Å². The summed E-state index contributed by atoms with van der Waals surface area (Å²) >= 11 is 0. The molecular formula is C18H18N4O3. The standard InChI is InChI=1S/C18H18N4O3/c23-18-21-14-7-12(1-2-15(14)25-18)13-8-19-17(20-9-13)24-16-10-22-5-3-11(16)4-6-22/h1-2,7-9,11,16H,3-6,10H2,(H,21,23). The van der Waals surface area contributed by atoms with Gasteiger partial charge in [-0.1, -0.05) is 6.07 Å². The fourth-order valence-electron chi connectivity index (χ4n) is 3.84. The van der Waals surface area contributed by atoms with Crippen molar-refractivity contribution in [3.63, 3.8) is 0 Å². The van der Waals surface area contributed by atoms with E-state index in [1.165, 1.54) is 25.9 Å². The monoisotopic (exact) mass is 338 g/mol. The van der Waals surface area contributed by atoms with Gasteiger partial charge in [0, 0.05) is 24.5 Å². The molecule has 5 heterocycles. The van der Waals surface area contributed by atoms with E-state index in [4.69, 9.17) is 9.15 Å². The van der Waals surface area contributed by atoms with E-state index in [1.54, 1.807) is 18.5 Å². The number of benzene rings is 1. The number of H-pyrrole nitrogens is 1. The maximum atomic E-state index is 11.3. The van der Waals surface area contributed by atoms with E-state index in [-0.39, 0.29) is 6.10 Å². The molecule has 0 aliphatic carbocycles. The number of ether oxygens (including phenoxy) is 1. The van der Waals surface area contributed by atoms with E-state index in [1.807, 2.05) is 12.1 Å². The lowest BCUT2D eigenvalue weighted by Gasteiger charge is -2.43. The number of nitrogens with one attached hydrogen (secondary N) is 1. The van der Waals surface area contributed by atoms with Gasteiger partial charge < -0.3 is 9.15 Å². The minimum atomic E-state index is -0.454. The summed E-state index contributed by atoms with van der Waals surface area (Å²) in [5, 5.41) is 0. The van der Waals surface area contributed by atoms with E-state index >= 15 is 0 Å². The van der Waals surface area contributed by atoms with Gasteiger partial charge in [0.2, 0.25) is 0 Å². The molecule has 7 heteroatoms. The second-order valence-corrected chi connectivity index (χ2v) is 6.77. The van der Waals surface area contributed by atoms with Crippen molar-refractivity contribution in [3.05, 3.63) is 41.1 Å². The second-order valence-electron chi connectivity index (χ2n) is 6.77. The predicted molar refractivity (Wildman–Crippen MR) is 91.4 cm³/mol. The number of nitrogens with zero attached hydrogens (tertiary/aromatic N) is 3. The van der Waals surface area contributed by atoms with Gasteiger partial charge in [0.25, 0.3) is 0 Å². The van der Waals surface area contributed by atoms with Crippen molar-refractivity contribution in [1.82, 2.24) is 19.9 Å². The van der Waals surface area contributed by atoms with Crippen molar-refractivity contribution in [2.24, 2.45) is 5.92 Å². The van der Waals surface area contributed by atoms with Crippen molar-refractivity contribution >= 4 is 11.1 Å². The minimum absolute atomic E-state index is 0.195.